The Labute approximate surface area is 110 Å². The lowest BCUT2D eigenvalue weighted by atomic mass is 10.1. The number of carbonyl (C=O) groups is 1. The number of carboxylic acids is 1. The zero-order chi connectivity index (χ0) is 13.8. The molecule has 1 N–H and O–H groups in total. The van der Waals surface area contributed by atoms with Gasteiger partial charge in [0.05, 0.1) is 4.92 Å². The van der Waals surface area contributed by atoms with Crippen LogP contribution in [0, 0.1) is 10.1 Å². The van der Waals surface area contributed by atoms with Crippen molar-refractivity contribution in [2.45, 2.75) is 25.3 Å². The summed E-state index contributed by atoms with van der Waals surface area (Å²) >= 11 is 0. The molecule has 1 fully saturated rings. The second-order valence-corrected chi connectivity index (χ2v) is 4.71. The second-order valence-electron chi connectivity index (χ2n) is 4.71. The minimum Gasteiger partial charge on any atom is -0.480 e. The van der Waals surface area contributed by atoms with Crippen molar-refractivity contribution in [2.24, 2.45) is 0 Å². The third-order valence-electron chi connectivity index (χ3n) is 3.48. The second kappa shape index (κ2) is 5.79. The van der Waals surface area contributed by atoms with Crippen LogP contribution in [0.4, 0.5) is 5.69 Å². The average molecular weight is 264 g/mol. The number of benzene rings is 1. The van der Waals surface area contributed by atoms with Crippen LogP contribution in [0.5, 0.6) is 0 Å². The number of hydrogen-bond acceptors (Lipinski definition) is 4. The van der Waals surface area contributed by atoms with Crippen LogP contribution in [0.15, 0.2) is 24.3 Å². The van der Waals surface area contributed by atoms with E-state index in [-0.39, 0.29) is 11.7 Å². The molecule has 102 valence electrons. The maximum absolute atomic E-state index is 11.0. The van der Waals surface area contributed by atoms with Crippen molar-refractivity contribution in [2.75, 3.05) is 13.1 Å². The molecule has 0 radical (unpaired) electrons. The molecule has 0 bridgehead atoms. The fourth-order valence-electron chi connectivity index (χ4n) is 2.43. The van der Waals surface area contributed by atoms with E-state index in [0.717, 1.165) is 18.5 Å². The van der Waals surface area contributed by atoms with Gasteiger partial charge in [-0.25, -0.2) is 0 Å². The molecule has 1 atom stereocenters. The topological polar surface area (TPSA) is 83.7 Å². The molecule has 1 heterocycles. The number of nitro groups is 1. The summed E-state index contributed by atoms with van der Waals surface area (Å²) in [5, 5.41) is 19.6. The van der Waals surface area contributed by atoms with Gasteiger partial charge in [0.15, 0.2) is 0 Å². The van der Waals surface area contributed by atoms with Crippen molar-refractivity contribution < 1.29 is 14.8 Å². The first-order valence-electron chi connectivity index (χ1n) is 6.28. The van der Waals surface area contributed by atoms with E-state index in [0.29, 0.717) is 19.4 Å². The third kappa shape index (κ3) is 3.29. The number of aliphatic carboxylic acids is 1. The SMILES string of the molecule is O=C(O)[C@@H]1CCCN1CCc1ccc([N+](=O)[O-])cc1. The standard InChI is InChI=1S/C13H16N2O4/c16-13(17)12-2-1-8-14(12)9-7-10-3-5-11(6-4-10)15(18)19/h3-6,12H,1-2,7-9H2,(H,16,17)/t12-/m0/s1. The smallest absolute Gasteiger partial charge is 0.320 e. The molecular formula is C13H16N2O4. The van der Waals surface area contributed by atoms with Gasteiger partial charge in [0.2, 0.25) is 0 Å². The molecule has 1 aliphatic rings. The molecule has 1 aromatic carbocycles. The fraction of sp³-hybridized carbons (Fsp3) is 0.462. The maximum atomic E-state index is 11.0. The Morgan fingerprint density at radius 3 is 2.68 bits per heavy atom. The van der Waals surface area contributed by atoms with Crippen LogP contribution in [0.3, 0.4) is 0 Å². The van der Waals surface area contributed by atoms with Gasteiger partial charge >= 0.3 is 5.97 Å². The van der Waals surface area contributed by atoms with Gasteiger partial charge < -0.3 is 5.11 Å². The predicted molar refractivity (Wildman–Crippen MR) is 69.0 cm³/mol. The lowest BCUT2D eigenvalue weighted by molar-refractivity contribution is -0.384. The number of rotatable bonds is 5. The molecule has 0 saturated carbocycles. The minimum absolute atomic E-state index is 0.0772. The van der Waals surface area contributed by atoms with Crippen molar-refractivity contribution in [1.29, 1.82) is 0 Å². The van der Waals surface area contributed by atoms with E-state index in [9.17, 15) is 14.9 Å². The molecule has 0 spiro atoms. The van der Waals surface area contributed by atoms with Crippen LogP contribution in [-0.4, -0.2) is 40.0 Å². The van der Waals surface area contributed by atoms with E-state index >= 15 is 0 Å². The summed E-state index contributed by atoms with van der Waals surface area (Å²) in [6, 6.07) is 6.04. The van der Waals surface area contributed by atoms with Crippen molar-refractivity contribution in [3.8, 4) is 0 Å². The molecule has 1 aliphatic heterocycles. The molecule has 19 heavy (non-hydrogen) atoms. The van der Waals surface area contributed by atoms with Gasteiger partial charge in [-0.05, 0) is 31.4 Å². The average Bonchev–Trinajstić information content (AvgIpc) is 2.85. The van der Waals surface area contributed by atoms with Crippen LogP contribution in [-0.2, 0) is 11.2 Å². The lowest BCUT2D eigenvalue weighted by Crippen LogP contribution is -2.37. The van der Waals surface area contributed by atoms with Crippen molar-refractivity contribution in [3.63, 3.8) is 0 Å². The molecule has 1 saturated heterocycles. The molecule has 2 rings (SSSR count). The number of carboxylic acid groups (broad SMARTS) is 1. The zero-order valence-electron chi connectivity index (χ0n) is 10.5. The largest absolute Gasteiger partial charge is 0.480 e. The zero-order valence-corrected chi connectivity index (χ0v) is 10.5. The van der Waals surface area contributed by atoms with Crippen LogP contribution in [0.25, 0.3) is 0 Å². The Morgan fingerprint density at radius 1 is 1.42 bits per heavy atom. The highest BCUT2D eigenvalue weighted by Crippen LogP contribution is 2.18. The highest BCUT2D eigenvalue weighted by atomic mass is 16.6. The highest BCUT2D eigenvalue weighted by Gasteiger charge is 2.29. The Balaban J connectivity index is 1.91. The minimum atomic E-state index is -0.763. The summed E-state index contributed by atoms with van der Waals surface area (Å²) in [6.45, 7) is 1.48. The molecular weight excluding hydrogens is 248 g/mol. The van der Waals surface area contributed by atoms with Crippen LogP contribution < -0.4 is 0 Å². The van der Waals surface area contributed by atoms with E-state index in [1.807, 2.05) is 4.90 Å². The van der Waals surface area contributed by atoms with E-state index < -0.39 is 10.9 Å². The van der Waals surface area contributed by atoms with Crippen molar-refractivity contribution in [1.82, 2.24) is 4.90 Å². The van der Waals surface area contributed by atoms with Crippen molar-refractivity contribution in [3.05, 3.63) is 39.9 Å². The normalized spacial score (nSPS) is 19.5. The van der Waals surface area contributed by atoms with Gasteiger partial charge in [-0.1, -0.05) is 12.1 Å². The monoisotopic (exact) mass is 264 g/mol. The van der Waals surface area contributed by atoms with Gasteiger partial charge in [-0.15, -0.1) is 0 Å². The summed E-state index contributed by atoms with van der Waals surface area (Å²) in [5.41, 5.74) is 1.06. The highest BCUT2D eigenvalue weighted by molar-refractivity contribution is 5.73. The number of nitro benzene ring substituents is 1. The number of non-ortho nitro benzene ring substituents is 1. The number of hydrogen-bond donors (Lipinski definition) is 1. The quantitative estimate of drug-likeness (QED) is 0.646. The first kappa shape index (κ1) is 13.5. The molecule has 0 aliphatic carbocycles. The van der Waals surface area contributed by atoms with Gasteiger partial charge in [0.1, 0.15) is 6.04 Å². The predicted octanol–water partition coefficient (Wildman–Crippen LogP) is 1.69. The molecule has 0 amide bonds. The number of nitrogens with zero attached hydrogens (tertiary/aromatic N) is 2. The molecule has 1 aromatic rings. The Kier molecular flexibility index (Phi) is 4.11. The van der Waals surface area contributed by atoms with E-state index in [1.165, 1.54) is 12.1 Å². The Morgan fingerprint density at radius 2 is 2.11 bits per heavy atom. The van der Waals surface area contributed by atoms with E-state index in [4.69, 9.17) is 5.11 Å². The molecule has 0 aromatic heterocycles. The Bertz CT molecular complexity index is 472. The molecule has 6 nitrogen and oxygen atoms in total. The van der Waals surface area contributed by atoms with Crippen LogP contribution >= 0.6 is 0 Å². The lowest BCUT2D eigenvalue weighted by Gasteiger charge is -2.20. The first-order chi connectivity index (χ1) is 9.08. The van der Waals surface area contributed by atoms with Crippen LogP contribution in [0.1, 0.15) is 18.4 Å². The summed E-state index contributed by atoms with van der Waals surface area (Å²) < 4.78 is 0. The van der Waals surface area contributed by atoms with Gasteiger partial charge in [-0.2, -0.15) is 0 Å². The van der Waals surface area contributed by atoms with E-state index in [1.54, 1.807) is 12.1 Å². The maximum Gasteiger partial charge on any atom is 0.320 e. The summed E-state index contributed by atoms with van der Waals surface area (Å²) in [7, 11) is 0. The number of likely N-dealkylation sites (tertiary alicyclic amines) is 1. The van der Waals surface area contributed by atoms with Crippen LogP contribution in [0.2, 0.25) is 0 Å². The molecule has 6 heteroatoms. The fourth-order valence-corrected chi connectivity index (χ4v) is 2.43. The summed E-state index contributed by atoms with van der Waals surface area (Å²) in [5.74, 6) is -0.763. The summed E-state index contributed by atoms with van der Waals surface area (Å²) in [6.07, 6.45) is 2.33. The first-order valence-corrected chi connectivity index (χ1v) is 6.28. The third-order valence-corrected chi connectivity index (χ3v) is 3.48. The van der Waals surface area contributed by atoms with Gasteiger partial charge in [0, 0.05) is 18.7 Å². The van der Waals surface area contributed by atoms with E-state index in [2.05, 4.69) is 0 Å². The van der Waals surface area contributed by atoms with Gasteiger partial charge in [0.25, 0.3) is 5.69 Å². The van der Waals surface area contributed by atoms with Gasteiger partial charge in [-0.3, -0.25) is 19.8 Å². The molecule has 0 unspecified atom stereocenters. The Hall–Kier alpha value is -1.95. The van der Waals surface area contributed by atoms with Crippen molar-refractivity contribution >= 4 is 11.7 Å². The summed E-state index contributed by atoms with van der Waals surface area (Å²) in [4.78, 5) is 23.1.